The van der Waals surface area contributed by atoms with Crippen molar-refractivity contribution in [3.63, 3.8) is 0 Å². The number of para-hydroxylation sites is 1. The maximum absolute atomic E-state index is 12.9. The van der Waals surface area contributed by atoms with Crippen LogP contribution in [-0.2, 0) is 11.0 Å². The highest BCUT2D eigenvalue weighted by Gasteiger charge is 2.17. The molecule has 0 bridgehead atoms. The summed E-state index contributed by atoms with van der Waals surface area (Å²) in [6, 6.07) is 20.1. The van der Waals surface area contributed by atoms with E-state index in [9.17, 15) is 9.00 Å². The molecule has 27 heavy (non-hydrogen) atoms. The Morgan fingerprint density at radius 3 is 2.52 bits per heavy atom. The Morgan fingerprint density at radius 2 is 1.78 bits per heavy atom. The molecule has 0 amide bonds. The number of aldehydes is 1. The summed E-state index contributed by atoms with van der Waals surface area (Å²) in [5.74, 6) is 0.639. The van der Waals surface area contributed by atoms with Crippen LogP contribution >= 0.6 is 0 Å². The monoisotopic (exact) mass is 376 g/mol. The van der Waals surface area contributed by atoms with Gasteiger partial charge in [0.15, 0.2) is 17.3 Å². The van der Waals surface area contributed by atoms with Crippen molar-refractivity contribution in [2.75, 3.05) is 7.11 Å². The molecule has 0 N–H and O–H groups in total. The topological polar surface area (TPSA) is 61.2 Å². The first kappa shape index (κ1) is 17.2. The fraction of sp³-hybridized carbons (Fsp3) is 0.0476. The van der Waals surface area contributed by atoms with E-state index in [1.54, 1.807) is 41.5 Å². The lowest BCUT2D eigenvalue weighted by Gasteiger charge is -2.11. The summed E-state index contributed by atoms with van der Waals surface area (Å²) >= 11 is 0. The predicted molar refractivity (Wildman–Crippen MR) is 105 cm³/mol. The number of carbonyl (C=O) groups excluding carboxylic acids is 1. The van der Waals surface area contributed by atoms with Crippen molar-refractivity contribution in [2.45, 2.75) is 4.90 Å². The predicted octanol–water partition coefficient (Wildman–Crippen LogP) is 4.10. The number of hydrogen-bond donors (Lipinski definition) is 0. The Balaban J connectivity index is 1.89. The van der Waals surface area contributed by atoms with Crippen molar-refractivity contribution in [1.29, 1.82) is 0 Å². The Bertz CT molecular complexity index is 1150. The van der Waals surface area contributed by atoms with E-state index < -0.39 is 11.0 Å². The summed E-state index contributed by atoms with van der Waals surface area (Å²) in [4.78, 5) is 17.1. The van der Waals surface area contributed by atoms with Crippen LogP contribution in [0.1, 0.15) is 10.4 Å². The van der Waals surface area contributed by atoms with Gasteiger partial charge in [-0.3, -0.25) is 8.77 Å². The molecular formula is C21H16N2O3S. The summed E-state index contributed by atoms with van der Waals surface area (Å²) in [5.41, 5.74) is 2.99. The highest BCUT2D eigenvalue weighted by molar-refractivity contribution is 7.83. The summed E-state index contributed by atoms with van der Waals surface area (Å²) in [5, 5.41) is 0. The van der Waals surface area contributed by atoms with Gasteiger partial charge in [-0.1, -0.05) is 30.3 Å². The Morgan fingerprint density at radius 1 is 1.04 bits per heavy atom. The van der Waals surface area contributed by atoms with Crippen LogP contribution in [0.15, 0.2) is 77.8 Å². The van der Waals surface area contributed by atoms with Gasteiger partial charge >= 0.3 is 0 Å². The molecule has 6 heteroatoms. The summed E-state index contributed by atoms with van der Waals surface area (Å²) in [6.45, 7) is 0. The molecule has 2 heterocycles. The third-order valence-corrected chi connectivity index (χ3v) is 5.63. The van der Waals surface area contributed by atoms with Crippen LogP contribution in [0.5, 0.6) is 5.75 Å². The molecule has 134 valence electrons. The first-order chi connectivity index (χ1) is 13.2. The lowest BCUT2D eigenvalue weighted by molar-refractivity contribution is 0.112. The second-order valence-corrected chi connectivity index (χ2v) is 7.22. The molecule has 0 saturated heterocycles. The summed E-state index contributed by atoms with van der Waals surface area (Å²) in [6.07, 6.45) is 2.48. The van der Waals surface area contributed by atoms with Gasteiger partial charge in [0, 0.05) is 17.3 Å². The number of benzene rings is 2. The van der Waals surface area contributed by atoms with E-state index in [1.165, 1.54) is 0 Å². The number of pyridine rings is 1. The Kier molecular flexibility index (Phi) is 4.56. The normalized spacial score (nSPS) is 12.0. The molecule has 0 radical (unpaired) electrons. The van der Waals surface area contributed by atoms with E-state index in [0.29, 0.717) is 32.9 Å². The van der Waals surface area contributed by atoms with Crippen molar-refractivity contribution >= 4 is 28.3 Å². The quantitative estimate of drug-likeness (QED) is 0.492. The van der Waals surface area contributed by atoms with Crippen molar-refractivity contribution in [3.8, 4) is 17.0 Å². The molecule has 4 rings (SSSR count). The second kappa shape index (κ2) is 7.17. The van der Waals surface area contributed by atoms with Crippen LogP contribution in [-0.4, -0.2) is 26.6 Å². The molecule has 0 aliphatic rings. The second-order valence-electron chi connectivity index (χ2n) is 5.85. The van der Waals surface area contributed by atoms with Gasteiger partial charge in [-0.15, -0.1) is 0 Å². The highest BCUT2D eigenvalue weighted by atomic mass is 32.2. The molecule has 2 aromatic heterocycles. The minimum atomic E-state index is -1.42. The van der Waals surface area contributed by atoms with Crippen molar-refractivity contribution in [2.24, 2.45) is 0 Å². The van der Waals surface area contributed by atoms with E-state index in [0.717, 1.165) is 11.8 Å². The van der Waals surface area contributed by atoms with Crippen molar-refractivity contribution in [1.82, 2.24) is 8.96 Å². The van der Waals surface area contributed by atoms with Gasteiger partial charge in [-0.2, -0.15) is 0 Å². The van der Waals surface area contributed by atoms with Crippen LogP contribution in [0.4, 0.5) is 0 Å². The molecule has 4 aromatic rings. The lowest BCUT2D eigenvalue weighted by Crippen LogP contribution is -2.04. The van der Waals surface area contributed by atoms with E-state index in [-0.39, 0.29) is 0 Å². The number of fused-ring (bicyclic) bond motifs is 1. The fourth-order valence-electron chi connectivity index (χ4n) is 2.99. The van der Waals surface area contributed by atoms with Crippen molar-refractivity contribution in [3.05, 3.63) is 78.5 Å². The Hall–Kier alpha value is -3.25. The van der Waals surface area contributed by atoms with E-state index in [4.69, 9.17) is 4.74 Å². The van der Waals surface area contributed by atoms with Gasteiger partial charge < -0.3 is 4.74 Å². The van der Waals surface area contributed by atoms with Gasteiger partial charge in [0.05, 0.1) is 28.7 Å². The third kappa shape index (κ3) is 3.04. The molecule has 1 atom stereocenters. The highest BCUT2D eigenvalue weighted by Crippen LogP contribution is 2.32. The molecule has 5 nitrogen and oxygen atoms in total. The minimum absolute atomic E-state index is 0.414. The number of hydrogen-bond acceptors (Lipinski definition) is 4. The maximum Gasteiger partial charge on any atom is 0.157 e. The molecule has 0 saturated carbocycles. The third-order valence-electron chi connectivity index (χ3n) is 4.28. The molecule has 0 aliphatic heterocycles. The van der Waals surface area contributed by atoms with Gasteiger partial charge in [-0.05, 0) is 36.4 Å². The van der Waals surface area contributed by atoms with E-state index in [2.05, 4.69) is 4.98 Å². The fourth-order valence-corrected chi connectivity index (χ4v) is 4.10. The zero-order valence-corrected chi connectivity index (χ0v) is 15.3. The number of aromatic nitrogens is 2. The zero-order chi connectivity index (χ0) is 18.8. The van der Waals surface area contributed by atoms with Crippen LogP contribution in [0.2, 0.25) is 0 Å². The maximum atomic E-state index is 12.9. The number of methoxy groups -OCH3 is 1. The molecular weight excluding hydrogens is 360 g/mol. The molecule has 0 aliphatic carbocycles. The minimum Gasteiger partial charge on any atom is -0.496 e. The molecule has 0 fully saturated rings. The SMILES string of the molecule is COc1ccccc1-c1nc2ccn(S(=O)c3ccccc3)c2cc1C=O. The smallest absolute Gasteiger partial charge is 0.157 e. The largest absolute Gasteiger partial charge is 0.496 e. The first-order valence-corrected chi connectivity index (χ1v) is 9.41. The van der Waals surface area contributed by atoms with Gasteiger partial charge in [0.1, 0.15) is 5.75 Å². The van der Waals surface area contributed by atoms with Gasteiger partial charge in [0.2, 0.25) is 0 Å². The van der Waals surface area contributed by atoms with Gasteiger partial charge in [0.25, 0.3) is 0 Å². The zero-order valence-electron chi connectivity index (χ0n) is 14.5. The molecule has 2 aromatic carbocycles. The Labute approximate surface area is 158 Å². The number of nitrogens with zero attached hydrogens (tertiary/aromatic N) is 2. The van der Waals surface area contributed by atoms with Crippen LogP contribution in [0.3, 0.4) is 0 Å². The first-order valence-electron chi connectivity index (χ1n) is 8.31. The number of rotatable bonds is 5. The number of ether oxygens (including phenoxy) is 1. The van der Waals surface area contributed by atoms with Gasteiger partial charge in [-0.25, -0.2) is 9.19 Å². The molecule has 1 unspecified atom stereocenters. The van der Waals surface area contributed by atoms with Crippen LogP contribution < -0.4 is 4.74 Å². The summed E-state index contributed by atoms with van der Waals surface area (Å²) in [7, 11) is 0.159. The molecule has 0 spiro atoms. The summed E-state index contributed by atoms with van der Waals surface area (Å²) < 4.78 is 19.9. The number of carbonyl (C=O) groups is 1. The van der Waals surface area contributed by atoms with Crippen molar-refractivity contribution < 1.29 is 13.7 Å². The van der Waals surface area contributed by atoms with E-state index >= 15 is 0 Å². The standard InChI is InChI=1S/C21H16N2O3S/c1-26-20-10-6-5-9-17(20)21-15(14-24)13-19-18(22-21)11-12-23(19)27(25)16-7-3-2-4-8-16/h2-14H,1H3. The van der Waals surface area contributed by atoms with Crippen LogP contribution in [0.25, 0.3) is 22.3 Å². The van der Waals surface area contributed by atoms with Crippen LogP contribution in [0, 0.1) is 0 Å². The van der Waals surface area contributed by atoms with E-state index in [1.807, 2.05) is 42.5 Å². The average Bonchev–Trinajstić information content (AvgIpc) is 3.15. The average molecular weight is 376 g/mol. The lowest BCUT2D eigenvalue weighted by atomic mass is 10.0.